The van der Waals surface area contributed by atoms with Crippen molar-refractivity contribution in [1.29, 1.82) is 0 Å². The van der Waals surface area contributed by atoms with Crippen molar-refractivity contribution in [3.05, 3.63) is 51.3 Å². The molecule has 1 heterocycles. The molecule has 0 aliphatic rings. The van der Waals surface area contributed by atoms with Crippen LogP contribution in [0.5, 0.6) is 0 Å². The number of hydrogen-bond donors (Lipinski definition) is 1. The molecule has 2 aromatic rings. The molecule has 30 heavy (non-hydrogen) atoms. The molecule has 1 N–H and O–H groups in total. The number of ether oxygens (including phenoxy) is 1. The fraction of sp³-hybridized carbons (Fsp3) is 0.368. The Morgan fingerprint density at radius 2 is 1.83 bits per heavy atom. The van der Waals surface area contributed by atoms with Gasteiger partial charge in [-0.3, -0.25) is 9.59 Å². The summed E-state index contributed by atoms with van der Waals surface area (Å²) in [6.07, 6.45) is -0.459. The monoisotopic (exact) mass is 492 g/mol. The molecule has 1 aromatic carbocycles. The Balaban J connectivity index is 2.15. The van der Waals surface area contributed by atoms with Gasteiger partial charge in [0, 0.05) is 12.1 Å². The minimum atomic E-state index is -3.87. The summed E-state index contributed by atoms with van der Waals surface area (Å²) in [6, 6.07) is 8.86. The zero-order valence-corrected chi connectivity index (χ0v) is 19.7. The number of nitrogens with zero attached hydrogens (tertiary/aromatic N) is 1. The molecule has 7 nitrogen and oxygen atoms in total. The molecular weight excluding hydrogens is 471 g/mol. The number of benzene rings is 1. The zero-order chi connectivity index (χ0) is 22.5. The number of amides is 1. The summed E-state index contributed by atoms with van der Waals surface area (Å²) in [6.45, 7) is 2.99. The van der Waals surface area contributed by atoms with Crippen molar-refractivity contribution < 1.29 is 22.7 Å². The Morgan fingerprint density at radius 1 is 1.17 bits per heavy atom. The maximum atomic E-state index is 12.6. The van der Waals surface area contributed by atoms with Gasteiger partial charge in [-0.1, -0.05) is 41.4 Å². The first-order chi connectivity index (χ1) is 14.0. The first-order valence-electron chi connectivity index (χ1n) is 8.95. The second-order valence-corrected chi connectivity index (χ2v) is 11.1. The van der Waals surface area contributed by atoms with E-state index in [0.29, 0.717) is 14.9 Å². The molecule has 0 spiro atoms. The highest BCUT2D eigenvalue weighted by Gasteiger charge is 2.27. The van der Waals surface area contributed by atoms with Gasteiger partial charge in [0.05, 0.1) is 29.4 Å². The van der Waals surface area contributed by atoms with Gasteiger partial charge in [0.1, 0.15) is 4.21 Å². The Bertz CT molecular complexity index is 1010. The van der Waals surface area contributed by atoms with Gasteiger partial charge in [0.2, 0.25) is 5.91 Å². The van der Waals surface area contributed by atoms with E-state index in [4.69, 9.17) is 27.9 Å². The fourth-order valence-electron chi connectivity index (χ4n) is 2.59. The smallest absolute Gasteiger partial charge is 0.308 e. The molecule has 0 aliphatic heterocycles. The van der Waals surface area contributed by atoms with Crippen LogP contribution >= 0.6 is 34.5 Å². The van der Waals surface area contributed by atoms with Crippen LogP contribution in [0.25, 0.3) is 0 Å². The van der Waals surface area contributed by atoms with Crippen LogP contribution in [-0.4, -0.2) is 44.3 Å². The summed E-state index contributed by atoms with van der Waals surface area (Å²) in [5.74, 6) is -1.10. The zero-order valence-electron chi connectivity index (χ0n) is 16.6. The number of sulfonamides is 1. The predicted octanol–water partition coefficient (Wildman–Crippen LogP) is 3.87. The summed E-state index contributed by atoms with van der Waals surface area (Å²) in [5.41, 5.74) is 0.531. The summed E-state index contributed by atoms with van der Waals surface area (Å²) < 4.78 is 31.6. The second-order valence-electron chi connectivity index (χ2n) is 6.70. The van der Waals surface area contributed by atoms with Gasteiger partial charge in [-0.2, -0.15) is 4.31 Å². The van der Waals surface area contributed by atoms with Gasteiger partial charge >= 0.3 is 5.97 Å². The molecule has 0 bridgehead atoms. The van der Waals surface area contributed by atoms with E-state index >= 15 is 0 Å². The normalized spacial score (nSPS) is 12.8. The third-order valence-electron chi connectivity index (χ3n) is 3.93. The summed E-state index contributed by atoms with van der Waals surface area (Å²) in [7, 11) is -2.58. The van der Waals surface area contributed by atoms with E-state index in [1.165, 1.54) is 19.2 Å². The van der Waals surface area contributed by atoms with Gasteiger partial charge in [0.15, 0.2) is 0 Å². The van der Waals surface area contributed by atoms with Crippen molar-refractivity contribution in [2.75, 3.05) is 13.6 Å². The molecule has 164 valence electrons. The summed E-state index contributed by atoms with van der Waals surface area (Å²) >= 11 is 12.9. The van der Waals surface area contributed by atoms with Crippen molar-refractivity contribution in [1.82, 2.24) is 9.62 Å². The first-order valence-corrected chi connectivity index (χ1v) is 12.0. The van der Waals surface area contributed by atoms with Crippen LogP contribution in [0.1, 0.15) is 31.9 Å². The topological polar surface area (TPSA) is 92.8 Å². The van der Waals surface area contributed by atoms with Crippen LogP contribution in [0.3, 0.4) is 0 Å². The van der Waals surface area contributed by atoms with Crippen LogP contribution in [0, 0.1) is 0 Å². The van der Waals surface area contributed by atoms with Crippen LogP contribution in [0.15, 0.2) is 40.6 Å². The molecule has 0 saturated heterocycles. The maximum Gasteiger partial charge on any atom is 0.308 e. The summed E-state index contributed by atoms with van der Waals surface area (Å²) in [5, 5.41) is 3.05. The van der Waals surface area contributed by atoms with Crippen LogP contribution in [0.2, 0.25) is 9.36 Å². The Morgan fingerprint density at radius 3 is 2.40 bits per heavy atom. The van der Waals surface area contributed by atoms with Crippen molar-refractivity contribution >= 4 is 56.4 Å². The SMILES string of the molecule is CC(C)OC(=O)CC(NC(=O)CN(C)S(=O)(=O)c1ccc(Cl)s1)c1ccccc1Cl. The highest BCUT2D eigenvalue weighted by molar-refractivity contribution is 7.91. The average molecular weight is 493 g/mol. The van der Waals surface area contributed by atoms with Crippen LogP contribution < -0.4 is 5.32 Å². The van der Waals surface area contributed by atoms with Gasteiger partial charge < -0.3 is 10.1 Å². The fourth-order valence-corrected chi connectivity index (χ4v) is 5.68. The molecule has 0 aliphatic carbocycles. The minimum Gasteiger partial charge on any atom is -0.463 e. The quantitative estimate of drug-likeness (QED) is 0.536. The molecule has 0 radical (unpaired) electrons. The Kier molecular flexibility index (Phi) is 8.69. The Labute approximate surface area is 190 Å². The number of halogens is 2. The summed E-state index contributed by atoms with van der Waals surface area (Å²) in [4.78, 5) is 24.8. The molecule has 1 atom stereocenters. The van der Waals surface area contributed by atoms with Gasteiger partial charge in [-0.25, -0.2) is 8.42 Å². The molecule has 0 saturated carbocycles. The van der Waals surface area contributed by atoms with E-state index in [0.717, 1.165) is 15.6 Å². The van der Waals surface area contributed by atoms with E-state index in [1.54, 1.807) is 38.1 Å². The Hall–Kier alpha value is -1.65. The lowest BCUT2D eigenvalue weighted by Gasteiger charge is -2.22. The van der Waals surface area contributed by atoms with Crippen molar-refractivity contribution in [2.24, 2.45) is 0 Å². The molecule has 1 aromatic heterocycles. The molecule has 0 fully saturated rings. The standard InChI is InChI=1S/C19H22Cl2N2O5S2/c1-12(2)28-18(25)10-15(13-6-4-5-7-14(13)20)22-17(24)11-23(3)30(26,27)19-9-8-16(21)29-19/h4-9,12,15H,10-11H2,1-3H3,(H,22,24). The van der Waals surface area contributed by atoms with E-state index in [9.17, 15) is 18.0 Å². The average Bonchev–Trinajstić information content (AvgIpc) is 3.08. The molecule has 2 rings (SSSR count). The van der Waals surface area contributed by atoms with Crippen molar-refractivity contribution in [3.63, 3.8) is 0 Å². The largest absolute Gasteiger partial charge is 0.463 e. The van der Waals surface area contributed by atoms with Crippen molar-refractivity contribution in [2.45, 2.75) is 36.6 Å². The van der Waals surface area contributed by atoms with Gasteiger partial charge in [-0.05, 0) is 37.6 Å². The molecule has 1 unspecified atom stereocenters. The molecular formula is C19H22Cl2N2O5S2. The number of thiophene rings is 1. The highest BCUT2D eigenvalue weighted by atomic mass is 35.5. The maximum absolute atomic E-state index is 12.6. The minimum absolute atomic E-state index is 0.0333. The van der Waals surface area contributed by atoms with Crippen molar-refractivity contribution in [3.8, 4) is 0 Å². The lowest BCUT2D eigenvalue weighted by molar-refractivity contribution is -0.148. The van der Waals surface area contributed by atoms with Crippen LogP contribution in [-0.2, 0) is 24.3 Å². The number of nitrogens with one attached hydrogen (secondary N) is 1. The van der Waals surface area contributed by atoms with Crippen LogP contribution in [0.4, 0.5) is 0 Å². The number of hydrogen-bond acceptors (Lipinski definition) is 6. The van der Waals surface area contributed by atoms with E-state index < -0.39 is 34.5 Å². The van der Waals surface area contributed by atoms with Gasteiger partial charge in [0.25, 0.3) is 10.0 Å². The van der Waals surface area contributed by atoms with E-state index in [-0.39, 0.29) is 16.7 Å². The van der Waals surface area contributed by atoms with Gasteiger partial charge in [-0.15, -0.1) is 11.3 Å². The number of rotatable bonds is 9. The second kappa shape index (κ2) is 10.6. The number of carbonyl (C=O) groups excluding carboxylic acids is 2. The lowest BCUT2D eigenvalue weighted by atomic mass is 10.0. The number of carbonyl (C=O) groups is 2. The van der Waals surface area contributed by atoms with E-state index in [2.05, 4.69) is 5.32 Å². The number of esters is 1. The van der Waals surface area contributed by atoms with E-state index in [1.807, 2.05) is 0 Å². The highest BCUT2D eigenvalue weighted by Crippen LogP contribution is 2.28. The third-order valence-corrected chi connectivity index (χ3v) is 7.78. The third kappa shape index (κ3) is 6.68. The first kappa shape index (κ1) is 24.6. The number of likely N-dealkylation sites (N-methyl/N-ethyl adjacent to an activating group) is 1. The molecule has 11 heteroatoms. The lowest BCUT2D eigenvalue weighted by Crippen LogP contribution is -2.40. The predicted molar refractivity (Wildman–Crippen MR) is 117 cm³/mol. The molecule has 1 amide bonds.